The van der Waals surface area contributed by atoms with Crippen molar-refractivity contribution in [3.63, 3.8) is 0 Å². The van der Waals surface area contributed by atoms with Crippen molar-refractivity contribution < 1.29 is 26.1 Å². The van der Waals surface area contributed by atoms with Gasteiger partial charge in [0.25, 0.3) is 10.0 Å². The summed E-state index contributed by atoms with van der Waals surface area (Å²) < 4.78 is 57.8. The molecule has 0 bridgehead atoms. The number of benzene rings is 2. The van der Waals surface area contributed by atoms with Crippen molar-refractivity contribution in [3.8, 4) is 5.75 Å². The molecule has 2 aromatic heterocycles. The lowest BCUT2D eigenvalue weighted by Crippen LogP contribution is -2.32. The Labute approximate surface area is 233 Å². The number of aromatic amines is 1. The summed E-state index contributed by atoms with van der Waals surface area (Å²) in [7, 11) is -7.35. The Morgan fingerprint density at radius 3 is 2.62 bits per heavy atom. The lowest BCUT2D eigenvalue weighted by Gasteiger charge is -2.18. The summed E-state index contributed by atoms with van der Waals surface area (Å²) in [4.78, 5) is 3.14. The third kappa shape index (κ3) is 7.61. The summed E-state index contributed by atoms with van der Waals surface area (Å²) in [6.45, 7) is 4.18. The first-order valence-electron chi connectivity index (χ1n) is 12.7. The number of aliphatic hydroxyl groups is 1. The van der Waals surface area contributed by atoms with E-state index in [0.717, 1.165) is 28.7 Å². The fourth-order valence-corrected chi connectivity index (χ4v) is 7.37. The van der Waals surface area contributed by atoms with Crippen LogP contribution in [0.2, 0.25) is 0 Å². The highest BCUT2D eigenvalue weighted by Gasteiger charge is 2.19. The maximum absolute atomic E-state index is 12.5. The molecule has 4 rings (SSSR count). The van der Waals surface area contributed by atoms with E-state index >= 15 is 0 Å². The molecule has 210 valence electrons. The number of thiophene rings is 1. The van der Waals surface area contributed by atoms with Gasteiger partial charge < -0.3 is 19.6 Å². The van der Waals surface area contributed by atoms with Crippen molar-refractivity contribution in [3.05, 3.63) is 77.3 Å². The van der Waals surface area contributed by atoms with Crippen LogP contribution in [0.25, 0.3) is 10.9 Å². The quantitative estimate of drug-likeness (QED) is 0.155. The molecule has 39 heavy (non-hydrogen) atoms. The number of rotatable bonds is 14. The average molecular weight is 592 g/mol. The maximum Gasteiger partial charge on any atom is 0.309 e. The average Bonchev–Trinajstić information content (AvgIpc) is 3.58. The van der Waals surface area contributed by atoms with Crippen LogP contribution in [-0.2, 0) is 26.6 Å². The van der Waals surface area contributed by atoms with Crippen LogP contribution in [0.4, 0.5) is 5.69 Å². The summed E-state index contributed by atoms with van der Waals surface area (Å²) in [6, 6.07) is 15.2. The van der Waals surface area contributed by atoms with Crippen molar-refractivity contribution in [2.75, 3.05) is 17.0 Å². The second kappa shape index (κ2) is 12.5. The van der Waals surface area contributed by atoms with Crippen LogP contribution in [0, 0.1) is 0 Å². The Bertz CT molecular complexity index is 1600. The van der Waals surface area contributed by atoms with Crippen LogP contribution in [-0.4, -0.2) is 45.3 Å². The van der Waals surface area contributed by atoms with Crippen molar-refractivity contribution >= 4 is 48.1 Å². The van der Waals surface area contributed by atoms with E-state index < -0.39 is 26.2 Å². The lowest BCUT2D eigenvalue weighted by molar-refractivity contribution is 0.170. The summed E-state index contributed by atoms with van der Waals surface area (Å²) in [6.07, 6.45) is 2.92. The Morgan fingerprint density at radius 1 is 1.08 bits per heavy atom. The summed E-state index contributed by atoms with van der Waals surface area (Å²) in [5.74, 6) is 0.251. The number of fused-ring (bicyclic) bond motifs is 1. The Morgan fingerprint density at radius 2 is 1.87 bits per heavy atom. The molecule has 4 aromatic rings. The molecule has 0 saturated heterocycles. The zero-order valence-electron chi connectivity index (χ0n) is 21.8. The van der Waals surface area contributed by atoms with E-state index in [-0.39, 0.29) is 28.3 Å². The summed E-state index contributed by atoms with van der Waals surface area (Å²) in [5, 5.41) is 16.7. The number of anilines is 1. The molecule has 0 saturated carbocycles. The summed E-state index contributed by atoms with van der Waals surface area (Å²) in [5.41, 5.74) is 2.57. The van der Waals surface area contributed by atoms with E-state index in [0.29, 0.717) is 29.6 Å². The highest BCUT2D eigenvalue weighted by Crippen LogP contribution is 2.29. The molecule has 0 spiro atoms. The fourth-order valence-electron chi connectivity index (χ4n) is 4.19. The molecule has 0 aliphatic heterocycles. The van der Waals surface area contributed by atoms with E-state index in [9.17, 15) is 21.9 Å². The monoisotopic (exact) mass is 591 g/mol. The molecule has 12 heteroatoms. The van der Waals surface area contributed by atoms with Gasteiger partial charge in [-0.25, -0.2) is 8.42 Å². The second-order valence-electron chi connectivity index (χ2n) is 9.38. The molecule has 0 unspecified atom stereocenters. The fraction of sp³-hybridized carbons (Fsp3) is 0.333. The number of sulfonamides is 1. The van der Waals surface area contributed by atoms with Gasteiger partial charge in [0, 0.05) is 29.9 Å². The molecule has 0 aliphatic carbocycles. The van der Waals surface area contributed by atoms with E-state index in [1.807, 2.05) is 26.1 Å². The highest BCUT2D eigenvalue weighted by atomic mass is 32.2. The largest absolute Gasteiger partial charge is 0.387 e. The molecular formula is C27H33N3O6S3. The smallest absolute Gasteiger partial charge is 0.309 e. The van der Waals surface area contributed by atoms with Crippen molar-refractivity contribution in [2.24, 2.45) is 0 Å². The molecule has 0 fully saturated rings. The van der Waals surface area contributed by atoms with Gasteiger partial charge in [0.1, 0.15) is 4.21 Å². The van der Waals surface area contributed by atoms with E-state index in [2.05, 4.69) is 15.0 Å². The van der Waals surface area contributed by atoms with Gasteiger partial charge in [-0.15, -0.1) is 11.3 Å². The number of hydrogen-bond donors (Lipinski definition) is 4. The van der Waals surface area contributed by atoms with Crippen molar-refractivity contribution in [1.29, 1.82) is 0 Å². The number of unbranched alkanes of at least 4 members (excludes halogenated alkanes) is 1. The van der Waals surface area contributed by atoms with Crippen LogP contribution >= 0.6 is 11.3 Å². The van der Waals surface area contributed by atoms with Gasteiger partial charge >= 0.3 is 10.1 Å². The van der Waals surface area contributed by atoms with Gasteiger partial charge in [0.05, 0.1) is 17.4 Å². The summed E-state index contributed by atoms with van der Waals surface area (Å²) >= 11 is 1.13. The third-order valence-corrected chi connectivity index (χ3v) is 10.2. The van der Waals surface area contributed by atoms with Crippen molar-refractivity contribution in [1.82, 2.24) is 10.3 Å². The van der Waals surface area contributed by atoms with Crippen LogP contribution in [0.5, 0.6) is 5.75 Å². The molecule has 9 nitrogen and oxygen atoms in total. The van der Waals surface area contributed by atoms with Gasteiger partial charge in [-0.2, -0.15) is 8.42 Å². The number of aliphatic hydroxyl groups excluding tert-OH is 1. The number of H-pyrrole nitrogens is 1. The predicted molar refractivity (Wildman–Crippen MR) is 155 cm³/mol. The standard InChI is InChI=1S/C27H33N3O6S3/c1-3-4-14-38(32,33)36-25-11-6-10-23-21(17-29-27(23)25)15-19(2)28-18-24(31)20-8-5-9-22(16-20)30-39(34,35)26-12-7-13-37-26/h5-13,16-17,19,24,28-31H,3-4,14-15,18H2,1-2H3/t19-,24+/m1/s1. The molecule has 4 N–H and O–H groups in total. The molecule has 0 aliphatic rings. The zero-order chi connectivity index (χ0) is 28.0. The molecule has 2 aromatic carbocycles. The first-order chi connectivity index (χ1) is 18.6. The first kappa shape index (κ1) is 29.1. The highest BCUT2D eigenvalue weighted by molar-refractivity contribution is 7.94. The van der Waals surface area contributed by atoms with Gasteiger partial charge in [-0.1, -0.05) is 43.7 Å². The van der Waals surface area contributed by atoms with Gasteiger partial charge in [-0.3, -0.25) is 4.72 Å². The predicted octanol–water partition coefficient (Wildman–Crippen LogP) is 4.79. The number of aromatic nitrogens is 1. The van der Waals surface area contributed by atoms with Crippen LogP contribution in [0.1, 0.15) is 43.9 Å². The Kier molecular flexibility index (Phi) is 9.34. The van der Waals surface area contributed by atoms with Crippen LogP contribution in [0.15, 0.2) is 70.4 Å². The molecule has 2 atom stereocenters. The lowest BCUT2D eigenvalue weighted by atomic mass is 10.0. The third-order valence-electron chi connectivity index (χ3n) is 6.20. The molecule has 2 heterocycles. The van der Waals surface area contributed by atoms with Crippen LogP contribution in [0.3, 0.4) is 0 Å². The van der Waals surface area contributed by atoms with Crippen molar-refractivity contribution in [2.45, 2.75) is 49.5 Å². The second-order valence-corrected chi connectivity index (χ2v) is 13.9. The molecular weight excluding hydrogens is 559 g/mol. The minimum atomic E-state index is -3.68. The Hall–Kier alpha value is -2.90. The van der Waals surface area contributed by atoms with Gasteiger partial charge in [0.15, 0.2) is 5.75 Å². The van der Waals surface area contributed by atoms with E-state index in [1.54, 1.807) is 47.8 Å². The molecule has 0 radical (unpaired) electrons. The Balaban J connectivity index is 1.37. The topological polar surface area (TPSA) is 138 Å². The van der Waals surface area contributed by atoms with E-state index in [1.165, 1.54) is 6.07 Å². The van der Waals surface area contributed by atoms with Crippen LogP contribution < -0.4 is 14.2 Å². The van der Waals surface area contributed by atoms with E-state index in [4.69, 9.17) is 4.18 Å². The molecule has 0 amide bonds. The minimum Gasteiger partial charge on any atom is -0.387 e. The minimum absolute atomic E-state index is 0.0166. The number of para-hydroxylation sites is 1. The number of hydrogen-bond acceptors (Lipinski definition) is 8. The normalized spacial score (nSPS) is 13.8. The first-order valence-corrected chi connectivity index (χ1v) is 16.6. The number of nitrogens with one attached hydrogen (secondary N) is 3. The SMILES string of the molecule is CCCCS(=O)(=O)Oc1cccc2c(C[C@@H](C)NC[C@H](O)c3cccc(NS(=O)(=O)c4cccs4)c3)c[nH]c12. The van der Waals surface area contributed by atoms with Gasteiger partial charge in [-0.05, 0) is 60.5 Å². The maximum atomic E-state index is 12.5. The zero-order valence-corrected chi connectivity index (χ0v) is 24.2. The van der Waals surface area contributed by atoms with Gasteiger partial charge in [0.2, 0.25) is 0 Å².